The van der Waals surface area contributed by atoms with Gasteiger partial charge in [0, 0.05) is 24.5 Å². The molecule has 1 atom stereocenters. The second-order valence-corrected chi connectivity index (χ2v) is 12.8. The number of hydrogen-bond acceptors (Lipinski definition) is 4. The highest BCUT2D eigenvalue weighted by Gasteiger charge is 2.34. The molecule has 0 aliphatic heterocycles. The molecule has 1 unspecified atom stereocenters. The standard InChI is InChI=1S/C32H30Cl3N3O4S/c1-2-36-32(40)30(19-23-9-5-3-6-10-23)37(21-24-13-15-25(33)16-14-24)31(39)22-38(26-17-18-28(34)29(35)20-26)43(41,42)27-11-7-4-8-12-27/h3-18,20,30H,2,19,21-22H2,1H3,(H,36,40). The lowest BCUT2D eigenvalue weighted by Crippen LogP contribution is -2.53. The molecule has 4 rings (SSSR count). The Morgan fingerprint density at radius 3 is 2.02 bits per heavy atom. The van der Waals surface area contributed by atoms with E-state index in [1.165, 1.54) is 35.2 Å². The van der Waals surface area contributed by atoms with Gasteiger partial charge in [-0.05, 0) is 60.5 Å². The molecule has 0 aliphatic carbocycles. The number of nitrogens with one attached hydrogen (secondary N) is 1. The number of anilines is 1. The summed E-state index contributed by atoms with van der Waals surface area (Å²) >= 11 is 18.5. The third-order valence-corrected chi connectivity index (χ3v) is 9.47. The molecule has 0 saturated heterocycles. The number of likely N-dealkylation sites (N-methyl/N-ethyl adjacent to an activating group) is 1. The van der Waals surface area contributed by atoms with Crippen molar-refractivity contribution in [1.82, 2.24) is 10.2 Å². The van der Waals surface area contributed by atoms with Gasteiger partial charge in [0.25, 0.3) is 10.0 Å². The van der Waals surface area contributed by atoms with Crippen LogP contribution in [0, 0.1) is 0 Å². The third kappa shape index (κ3) is 8.30. The molecule has 1 N–H and O–H groups in total. The van der Waals surface area contributed by atoms with Crippen LogP contribution < -0.4 is 9.62 Å². The predicted molar refractivity (Wildman–Crippen MR) is 172 cm³/mol. The van der Waals surface area contributed by atoms with Crippen LogP contribution in [0.3, 0.4) is 0 Å². The first-order valence-corrected chi connectivity index (χ1v) is 16.1. The minimum absolute atomic E-state index is 0.0114. The average Bonchev–Trinajstić information content (AvgIpc) is 3.01. The van der Waals surface area contributed by atoms with Crippen LogP contribution in [0.15, 0.2) is 108 Å². The second kappa shape index (κ2) is 14.8. The lowest BCUT2D eigenvalue weighted by atomic mass is 10.0. The maximum atomic E-state index is 14.3. The number of amides is 2. The number of halogens is 3. The Labute approximate surface area is 267 Å². The third-order valence-electron chi connectivity index (χ3n) is 6.69. The molecule has 0 saturated carbocycles. The van der Waals surface area contributed by atoms with Gasteiger partial charge in [0.15, 0.2) is 0 Å². The van der Waals surface area contributed by atoms with Gasteiger partial charge in [0.05, 0.1) is 20.6 Å². The highest BCUT2D eigenvalue weighted by Crippen LogP contribution is 2.31. The fraction of sp³-hybridized carbons (Fsp3) is 0.188. The normalized spacial score (nSPS) is 11.9. The van der Waals surface area contributed by atoms with Crippen LogP contribution in [0.2, 0.25) is 15.1 Å². The Balaban J connectivity index is 1.80. The smallest absolute Gasteiger partial charge is 0.264 e. The van der Waals surface area contributed by atoms with E-state index in [4.69, 9.17) is 34.8 Å². The Morgan fingerprint density at radius 2 is 1.42 bits per heavy atom. The van der Waals surface area contributed by atoms with Crippen molar-refractivity contribution in [2.45, 2.75) is 30.8 Å². The van der Waals surface area contributed by atoms with Crippen molar-refractivity contribution in [2.24, 2.45) is 0 Å². The SMILES string of the molecule is CCNC(=O)C(Cc1ccccc1)N(Cc1ccc(Cl)cc1)C(=O)CN(c1ccc(Cl)c(Cl)c1)S(=O)(=O)c1ccccc1. The van der Waals surface area contributed by atoms with Crippen LogP contribution in [-0.2, 0) is 32.6 Å². The lowest BCUT2D eigenvalue weighted by molar-refractivity contribution is -0.140. The van der Waals surface area contributed by atoms with Crippen molar-refractivity contribution >= 4 is 62.3 Å². The van der Waals surface area contributed by atoms with Crippen LogP contribution >= 0.6 is 34.8 Å². The average molecular weight is 659 g/mol. The number of carbonyl (C=O) groups excluding carboxylic acids is 2. The Bertz CT molecular complexity index is 1650. The summed E-state index contributed by atoms with van der Waals surface area (Å²) in [5.74, 6) is -0.951. The largest absolute Gasteiger partial charge is 0.355 e. The van der Waals surface area contributed by atoms with E-state index in [1.54, 1.807) is 49.4 Å². The number of carbonyl (C=O) groups is 2. The first-order chi connectivity index (χ1) is 20.6. The molecule has 7 nitrogen and oxygen atoms in total. The molecule has 2 amide bonds. The molecule has 0 aliphatic rings. The van der Waals surface area contributed by atoms with E-state index in [2.05, 4.69) is 5.32 Å². The minimum atomic E-state index is -4.24. The number of hydrogen-bond donors (Lipinski definition) is 1. The van der Waals surface area contributed by atoms with E-state index in [1.807, 2.05) is 30.3 Å². The maximum Gasteiger partial charge on any atom is 0.264 e. The Kier molecular flexibility index (Phi) is 11.1. The van der Waals surface area contributed by atoms with E-state index < -0.39 is 28.5 Å². The summed E-state index contributed by atoms with van der Waals surface area (Å²) in [6.45, 7) is 1.57. The molecule has 0 spiro atoms. The van der Waals surface area contributed by atoms with Crippen LogP contribution in [0.25, 0.3) is 0 Å². The summed E-state index contributed by atoms with van der Waals surface area (Å²) < 4.78 is 28.9. The van der Waals surface area contributed by atoms with Gasteiger partial charge in [0.1, 0.15) is 12.6 Å². The fourth-order valence-electron chi connectivity index (χ4n) is 4.52. The topological polar surface area (TPSA) is 86.8 Å². The van der Waals surface area contributed by atoms with E-state index >= 15 is 0 Å². The Hall–Kier alpha value is -3.56. The fourth-order valence-corrected chi connectivity index (χ4v) is 6.37. The monoisotopic (exact) mass is 657 g/mol. The summed E-state index contributed by atoms with van der Waals surface area (Å²) in [6, 6.07) is 27.4. The summed E-state index contributed by atoms with van der Waals surface area (Å²) in [7, 11) is -4.24. The van der Waals surface area contributed by atoms with Crippen molar-refractivity contribution < 1.29 is 18.0 Å². The van der Waals surface area contributed by atoms with Gasteiger partial charge >= 0.3 is 0 Å². The van der Waals surface area contributed by atoms with Gasteiger partial charge in [-0.1, -0.05) is 95.5 Å². The highest BCUT2D eigenvalue weighted by atomic mass is 35.5. The van der Waals surface area contributed by atoms with Crippen molar-refractivity contribution in [3.05, 3.63) is 129 Å². The van der Waals surface area contributed by atoms with Crippen molar-refractivity contribution in [3.8, 4) is 0 Å². The molecule has 4 aromatic rings. The maximum absolute atomic E-state index is 14.3. The number of nitrogens with zero attached hydrogens (tertiary/aromatic N) is 2. The molecule has 0 heterocycles. The number of sulfonamides is 1. The van der Waals surface area contributed by atoms with Gasteiger partial charge in [-0.25, -0.2) is 8.42 Å². The van der Waals surface area contributed by atoms with Gasteiger partial charge in [-0.3, -0.25) is 13.9 Å². The second-order valence-electron chi connectivity index (χ2n) is 9.67. The van der Waals surface area contributed by atoms with E-state index in [9.17, 15) is 18.0 Å². The lowest BCUT2D eigenvalue weighted by Gasteiger charge is -2.34. The van der Waals surface area contributed by atoms with Crippen molar-refractivity contribution in [2.75, 3.05) is 17.4 Å². The van der Waals surface area contributed by atoms with Crippen LogP contribution in [0.1, 0.15) is 18.1 Å². The quantitative estimate of drug-likeness (QED) is 0.185. The van der Waals surface area contributed by atoms with Gasteiger partial charge in [-0.15, -0.1) is 0 Å². The number of rotatable bonds is 12. The summed E-state index contributed by atoms with van der Waals surface area (Å²) in [6.07, 6.45) is 0.213. The molecule has 224 valence electrons. The van der Waals surface area contributed by atoms with E-state index in [0.29, 0.717) is 17.1 Å². The molecular weight excluding hydrogens is 629 g/mol. The molecule has 4 aromatic carbocycles. The highest BCUT2D eigenvalue weighted by molar-refractivity contribution is 7.92. The molecule has 0 fully saturated rings. The molecule has 11 heteroatoms. The van der Waals surface area contributed by atoms with Crippen LogP contribution in [0.4, 0.5) is 5.69 Å². The number of benzene rings is 4. The zero-order chi connectivity index (χ0) is 31.0. The van der Waals surface area contributed by atoms with E-state index in [-0.39, 0.29) is 39.5 Å². The molecule has 43 heavy (non-hydrogen) atoms. The molecule has 0 radical (unpaired) electrons. The van der Waals surface area contributed by atoms with Crippen LogP contribution in [0.5, 0.6) is 0 Å². The Morgan fingerprint density at radius 1 is 0.791 bits per heavy atom. The summed E-state index contributed by atoms with van der Waals surface area (Å²) in [5, 5.41) is 3.71. The van der Waals surface area contributed by atoms with Gasteiger partial charge < -0.3 is 10.2 Å². The van der Waals surface area contributed by atoms with Crippen molar-refractivity contribution in [1.29, 1.82) is 0 Å². The molecule has 0 aromatic heterocycles. The first kappa shape index (κ1) is 32.4. The molecular formula is C32H30Cl3N3O4S. The zero-order valence-electron chi connectivity index (χ0n) is 23.3. The van der Waals surface area contributed by atoms with Crippen molar-refractivity contribution in [3.63, 3.8) is 0 Å². The van der Waals surface area contributed by atoms with Gasteiger partial charge in [-0.2, -0.15) is 0 Å². The predicted octanol–water partition coefficient (Wildman–Crippen LogP) is 6.62. The summed E-state index contributed by atoms with van der Waals surface area (Å²) in [4.78, 5) is 29.2. The van der Waals surface area contributed by atoms with Crippen LogP contribution in [-0.4, -0.2) is 44.3 Å². The molecule has 0 bridgehead atoms. The van der Waals surface area contributed by atoms with Gasteiger partial charge in [0.2, 0.25) is 11.8 Å². The minimum Gasteiger partial charge on any atom is -0.355 e. The first-order valence-electron chi connectivity index (χ1n) is 13.5. The summed E-state index contributed by atoms with van der Waals surface area (Å²) in [5.41, 5.74) is 1.70. The van der Waals surface area contributed by atoms with E-state index in [0.717, 1.165) is 9.87 Å². The zero-order valence-corrected chi connectivity index (χ0v) is 26.4.